The van der Waals surface area contributed by atoms with E-state index in [4.69, 9.17) is 4.74 Å². The molecule has 0 aliphatic heterocycles. The quantitative estimate of drug-likeness (QED) is 0.794. The minimum absolute atomic E-state index is 0.174. The van der Waals surface area contributed by atoms with E-state index in [1.165, 1.54) is 5.56 Å². The van der Waals surface area contributed by atoms with Crippen LogP contribution in [0.1, 0.15) is 31.1 Å². The summed E-state index contributed by atoms with van der Waals surface area (Å²) in [5.41, 5.74) is 1.96. The summed E-state index contributed by atoms with van der Waals surface area (Å²) < 4.78 is 5.41. The molecule has 3 heteroatoms. The summed E-state index contributed by atoms with van der Waals surface area (Å²) in [7, 11) is 3.56. The first-order valence-corrected chi connectivity index (χ1v) is 5.95. The van der Waals surface area contributed by atoms with Crippen LogP contribution in [0, 0.1) is 0 Å². The number of aliphatic hydroxyl groups is 1. The standard InChI is InChI=1S/C14H23NO2/c1-14(2,17-4)9-11-6-5-7-12(8-11)13(16)10-15-3/h5-8,13,15-16H,9-10H2,1-4H3. The van der Waals surface area contributed by atoms with E-state index in [9.17, 15) is 5.11 Å². The molecule has 0 aliphatic rings. The maximum absolute atomic E-state index is 9.91. The third-order valence-corrected chi connectivity index (χ3v) is 2.92. The predicted octanol–water partition coefficient (Wildman–Crippen LogP) is 1.91. The van der Waals surface area contributed by atoms with Crippen molar-refractivity contribution >= 4 is 0 Å². The average molecular weight is 237 g/mol. The fourth-order valence-electron chi connectivity index (χ4n) is 1.79. The molecule has 1 unspecified atom stereocenters. The van der Waals surface area contributed by atoms with Gasteiger partial charge in [0, 0.05) is 20.1 Å². The Labute approximate surface area is 104 Å². The number of rotatable bonds is 6. The van der Waals surface area contributed by atoms with Gasteiger partial charge in [0.25, 0.3) is 0 Å². The number of hydrogen-bond donors (Lipinski definition) is 2. The topological polar surface area (TPSA) is 41.5 Å². The fraction of sp³-hybridized carbons (Fsp3) is 0.571. The molecule has 0 bridgehead atoms. The normalized spacial score (nSPS) is 13.7. The van der Waals surface area contributed by atoms with E-state index in [0.717, 1.165) is 12.0 Å². The molecule has 1 atom stereocenters. The first kappa shape index (κ1) is 14.2. The molecule has 17 heavy (non-hydrogen) atoms. The molecule has 0 heterocycles. The van der Waals surface area contributed by atoms with Gasteiger partial charge >= 0.3 is 0 Å². The summed E-state index contributed by atoms with van der Waals surface area (Å²) in [6.45, 7) is 4.69. The van der Waals surface area contributed by atoms with E-state index in [0.29, 0.717) is 6.54 Å². The summed E-state index contributed by atoms with van der Waals surface area (Å²) >= 11 is 0. The lowest BCUT2D eigenvalue weighted by molar-refractivity contribution is 0.0231. The molecule has 96 valence electrons. The van der Waals surface area contributed by atoms with Crippen molar-refractivity contribution in [2.24, 2.45) is 0 Å². The molecule has 0 fully saturated rings. The lowest BCUT2D eigenvalue weighted by atomic mass is 9.96. The molecule has 0 radical (unpaired) electrons. The van der Waals surface area contributed by atoms with E-state index < -0.39 is 6.10 Å². The predicted molar refractivity (Wildman–Crippen MR) is 70.1 cm³/mol. The number of likely N-dealkylation sites (N-methyl/N-ethyl adjacent to an activating group) is 1. The number of methoxy groups -OCH3 is 1. The van der Waals surface area contributed by atoms with Crippen LogP contribution in [0.25, 0.3) is 0 Å². The third kappa shape index (κ3) is 4.46. The Morgan fingerprint density at radius 2 is 2.12 bits per heavy atom. The molecule has 0 saturated carbocycles. The van der Waals surface area contributed by atoms with Crippen LogP contribution in [0.3, 0.4) is 0 Å². The first-order chi connectivity index (χ1) is 7.98. The highest BCUT2D eigenvalue weighted by molar-refractivity contribution is 5.26. The first-order valence-electron chi connectivity index (χ1n) is 5.95. The van der Waals surface area contributed by atoms with E-state index >= 15 is 0 Å². The molecule has 0 spiro atoms. The zero-order valence-electron chi connectivity index (χ0n) is 11.2. The maximum Gasteiger partial charge on any atom is 0.0914 e. The van der Waals surface area contributed by atoms with Crippen molar-refractivity contribution in [3.8, 4) is 0 Å². The van der Waals surface area contributed by atoms with Gasteiger partial charge in [0.2, 0.25) is 0 Å². The molecule has 0 amide bonds. The number of benzene rings is 1. The highest BCUT2D eigenvalue weighted by Crippen LogP contribution is 2.19. The third-order valence-electron chi connectivity index (χ3n) is 2.92. The van der Waals surface area contributed by atoms with Gasteiger partial charge < -0.3 is 15.2 Å². The Morgan fingerprint density at radius 3 is 2.71 bits per heavy atom. The Bertz CT molecular complexity index is 350. The zero-order chi connectivity index (χ0) is 12.9. The molecular weight excluding hydrogens is 214 g/mol. The summed E-state index contributed by atoms with van der Waals surface area (Å²) in [6, 6.07) is 8.04. The van der Waals surface area contributed by atoms with Crippen molar-refractivity contribution in [3.63, 3.8) is 0 Å². The Morgan fingerprint density at radius 1 is 1.41 bits per heavy atom. The van der Waals surface area contributed by atoms with Gasteiger partial charge in [-0.25, -0.2) is 0 Å². The smallest absolute Gasteiger partial charge is 0.0914 e. The molecular formula is C14H23NO2. The number of ether oxygens (including phenoxy) is 1. The van der Waals surface area contributed by atoms with E-state index in [-0.39, 0.29) is 5.60 Å². The summed E-state index contributed by atoms with van der Waals surface area (Å²) in [4.78, 5) is 0. The van der Waals surface area contributed by atoms with Crippen molar-refractivity contribution in [2.45, 2.75) is 32.0 Å². The Balaban J connectivity index is 2.79. The van der Waals surface area contributed by atoms with E-state index in [2.05, 4.69) is 25.2 Å². The van der Waals surface area contributed by atoms with Crippen LogP contribution >= 0.6 is 0 Å². The zero-order valence-corrected chi connectivity index (χ0v) is 11.2. The van der Waals surface area contributed by atoms with Gasteiger partial charge in [-0.15, -0.1) is 0 Å². The van der Waals surface area contributed by atoms with Gasteiger partial charge in [-0.05, 0) is 32.0 Å². The van der Waals surface area contributed by atoms with E-state index in [1.54, 1.807) is 7.11 Å². The van der Waals surface area contributed by atoms with Crippen molar-refractivity contribution < 1.29 is 9.84 Å². The minimum atomic E-state index is -0.453. The van der Waals surface area contributed by atoms with Crippen LogP contribution in [0.4, 0.5) is 0 Å². The number of hydrogen-bond acceptors (Lipinski definition) is 3. The molecule has 0 aromatic heterocycles. The molecule has 3 nitrogen and oxygen atoms in total. The molecule has 0 saturated heterocycles. The molecule has 1 rings (SSSR count). The van der Waals surface area contributed by atoms with Crippen LogP contribution in [0.2, 0.25) is 0 Å². The van der Waals surface area contributed by atoms with Crippen LogP contribution in [-0.2, 0) is 11.2 Å². The lowest BCUT2D eigenvalue weighted by Gasteiger charge is -2.23. The van der Waals surface area contributed by atoms with Crippen LogP contribution in [-0.4, -0.2) is 31.4 Å². The molecule has 0 aliphatic carbocycles. The SMILES string of the molecule is CNCC(O)c1cccc(CC(C)(C)OC)c1. The van der Waals surface area contributed by atoms with E-state index in [1.807, 2.05) is 25.2 Å². The van der Waals surface area contributed by atoms with Gasteiger partial charge in [0.05, 0.1) is 11.7 Å². The largest absolute Gasteiger partial charge is 0.387 e. The van der Waals surface area contributed by atoms with Gasteiger partial charge in [-0.2, -0.15) is 0 Å². The Hall–Kier alpha value is -0.900. The van der Waals surface area contributed by atoms with Crippen LogP contribution in [0.15, 0.2) is 24.3 Å². The van der Waals surface area contributed by atoms with Gasteiger partial charge in [-0.1, -0.05) is 24.3 Å². The highest BCUT2D eigenvalue weighted by Gasteiger charge is 2.17. The van der Waals surface area contributed by atoms with Crippen molar-refractivity contribution in [1.82, 2.24) is 5.32 Å². The van der Waals surface area contributed by atoms with Crippen molar-refractivity contribution in [3.05, 3.63) is 35.4 Å². The summed E-state index contributed by atoms with van der Waals surface area (Å²) in [5.74, 6) is 0. The highest BCUT2D eigenvalue weighted by atomic mass is 16.5. The monoisotopic (exact) mass is 237 g/mol. The summed E-state index contributed by atoms with van der Waals surface area (Å²) in [6.07, 6.45) is 0.384. The molecule has 2 N–H and O–H groups in total. The number of aliphatic hydroxyl groups excluding tert-OH is 1. The lowest BCUT2D eigenvalue weighted by Crippen LogP contribution is -2.25. The maximum atomic E-state index is 9.91. The van der Waals surface area contributed by atoms with Crippen molar-refractivity contribution in [2.75, 3.05) is 20.7 Å². The second-order valence-electron chi connectivity index (χ2n) is 4.96. The van der Waals surface area contributed by atoms with Gasteiger partial charge in [-0.3, -0.25) is 0 Å². The number of nitrogens with one attached hydrogen (secondary N) is 1. The fourth-order valence-corrected chi connectivity index (χ4v) is 1.79. The van der Waals surface area contributed by atoms with Crippen LogP contribution in [0.5, 0.6) is 0 Å². The Kier molecular flexibility index (Phi) is 5.12. The minimum Gasteiger partial charge on any atom is -0.387 e. The second-order valence-corrected chi connectivity index (χ2v) is 4.96. The van der Waals surface area contributed by atoms with Crippen molar-refractivity contribution in [1.29, 1.82) is 0 Å². The molecule has 1 aromatic carbocycles. The molecule has 1 aromatic rings. The second kappa shape index (κ2) is 6.15. The van der Waals surface area contributed by atoms with Gasteiger partial charge in [0.15, 0.2) is 0 Å². The van der Waals surface area contributed by atoms with Gasteiger partial charge in [0.1, 0.15) is 0 Å². The average Bonchev–Trinajstić information content (AvgIpc) is 2.29. The van der Waals surface area contributed by atoms with Crippen LogP contribution < -0.4 is 5.32 Å². The summed E-state index contributed by atoms with van der Waals surface area (Å²) in [5, 5.41) is 12.9.